The number of ether oxygens (including phenoxy) is 2. The number of halogens is 1. The first kappa shape index (κ1) is 19.6. The number of benzene rings is 1. The number of methoxy groups -OCH3 is 2. The fraction of sp³-hybridized carbons (Fsp3) is 0.611. The molecule has 23 heavy (non-hydrogen) atoms. The smallest absolute Gasteiger partial charge is 0.238 e. The van der Waals surface area contributed by atoms with Gasteiger partial charge in [0.05, 0.1) is 14.2 Å². The Hall–Kier alpha value is -1.42. The molecule has 4 nitrogen and oxygen atoms in total. The van der Waals surface area contributed by atoms with E-state index in [4.69, 9.17) is 21.1 Å². The van der Waals surface area contributed by atoms with Gasteiger partial charge in [-0.3, -0.25) is 4.79 Å². The predicted molar refractivity (Wildman–Crippen MR) is 94.4 cm³/mol. The third kappa shape index (κ3) is 6.69. The van der Waals surface area contributed by atoms with Crippen LogP contribution in [0.15, 0.2) is 18.2 Å². The number of carbonyl (C=O) groups excluding carboxylic acids is 1. The van der Waals surface area contributed by atoms with E-state index in [1.807, 2.05) is 18.2 Å². The summed E-state index contributed by atoms with van der Waals surface area (Å²) in [5.74, 6) is 1.16. The third-order valence-corrected chi connectivity index (χ3v) is 4.20. The van der Waals surface area contributed by atoms with E-state index in [1.54, 1.807) is 14.2 Å². The second-order valence-corrected chi connectivity index (χ2v) is 6.07. The van der Waals surface area contributed by atoms with E-state index in [-0.39, 0.29) is 5.91 Å². The summed E-state index contributed by atoms with van der Waals surface area (Å²) < 4.78 is 10.6. The maximum atomic E-state index is 12.1. The molecule has 0 fully saturated rings. The van der Waals surface area contributed by atoms with Crippen LogP contribution in [-0.2, 0) is 11.3 Å². The Balaban J connectivity index is 2.43. The van der Waals surface area contributed by atoms with Gasteiger partial charge in [0.2, 0.25) is 5.91 Å². The lowest BCUT2D eigenvalue weighted by Gasteiger charge is -2.14. The second-order valence-electron chi connectivity index (χ2n) is 5.54. The molecule has 0 aliphatic rings. The molecule has 1 unspecified atom stereocenters. The average molecular weight is 342 g/mol. The molecule has 1 rings (SSSR count). The Morgan fingerprint density at radius 1 is 1.17 bits per heavy atom. The van der Waals surface area contributed by atoms with E-state index in [1.165, 1.54) is 19.3 Å². The number of unbranched alkanes of at least 4 members (excludes halogenated alkanes) is 4. The van der Waals surface area contributed by atoms with Crippen molar-refractivity contribution in [3.8, 4) is 11.5 Å². The number of hydrogen-bond donors (Lipinski definition) is 1. The lowest BCUT2D eigenvalue weighted by atomic mass is 10.1. The molecule has 1 amide bonds. The molecule has 0 aliphatic heterocycles. The highest BCUT2D eigenvalue weighted by Gasteiger charge is 2.16. The van der Waals surface area contributed by atoms with Crippen molar-refractivity contribution < 1.29 is 14.3 Å². The molecule has 0 aromatic heterocycles. The molecule has 1 aromatic carbocycles. The summed E-state index contributed by atoms with van der Waals surface area (Å²) in [7, 11) is 3.18. The zero-order chi connectivity index (χ0) is 17.1. The molecule has 130 valence electrons. The van der Waals surface area contributed by atoms with Crippen LogP contribution in [0.2, 0.25) is 0 Å². The van der Waals surface area contributed by atoms with Gasteiger partial charge in [-0.2, -0.15) is 0 Å². The second kappa shape index (κ2) is 11.2. The van der Waals surface area contributed by atoms with Gasteiger partial charge in [-0.1, -0.05) is 51.2 Å². The lowest BCUT2D eigenvalue weighted by molar-refractivity contribution is -0.121. The van der Waals surface area contributed by atoms with Crippen LogP contribution in [0, 0.1) is 0 Å². The van der Waals surface area contributed by atoms with E-state index in [2.05, 4.69) is 12.2 Å². The minimum atomic E-state index is -0.478. The summed E-state index contributed by atoms with van der Waals surface area (Å²) in [5, 5.41) is 2.39. The van der Waals surface area contributed by atoms with Gasteiger partial charge in [0.15, 0.2) is 11.5 Å². The van der Waals surface area contributed by atoms with Gasteiger partial charge in [0, 0.05) is 12.1 Å². The summed E-state index contributed by atoms with van der Waals surface area (Å²) in [6.45, 7) is 2.56. The molecule has 1 aromatic rings. The van der Waals surface area contributed by atoms with Crippen molar-refractivity contribution in [2.75, 3.05) is 14.2 Å². The summed E-state index contributed by atoms with van der Waals surface area (Å²) in [6.07, 6.45) is 6.51. The van der Waals surface area contributed by atoms with Gasteiger partial charge in [-0.05, 0) is 12.5 Å². The molecule has 1 atom stereocenters. The summed E-state index contributed by atoms with van der Waals surface area (Å²) >= 11 is 6.17. The molecule has 0 bridgehead atoms. The monoisotopic (exact) mass is 341 g/mol. The number of rotatable bonds is 11. The molecule has 0 radical (unpaired) electrons. The van der Waals surface area contributed by atoms with Crippen LogP contribution in [0.25, 0.3) is 0 Å². The number of nitrogens with one attached hydrogen (secondary N) is 1. The first-order valence-electron chi connectivity index (χ1n) is 8.25. The van der Waals surface area contributed by atoms with Gasteiger partial charge in [-0.25, -0.2) is 0 Å². The van der Waals surface area contributed by atoms with Crippen molar-refractivity contribution >= 4 is 17.5 Å². The van der Waals surface area contributed by atoms with Crippen LogP contribution in [0.5, 0.6) is 11.5 Å². The fourth-order valence-electron chi connectivity index (χ4n) is 2.44. The van der Waals surface area contributed by atoms with Crippen molar-refractivity contribution in [2.24, 2.45) is 0 Å². The van der Waals surface area contributed by atoms with Gasteiger partial charge < -0.3 is 14.8 Å². The molecule has 0 heterocycles. The molecule has 0 saturated heterocycles. The number of hydrogen-bond acceptors (Lipinski definition) is 3. The highest BCUT2D eigenvalue weighted by Crippen LogP contribution is 2.30. The van der Waals surface area contributed by atoms with Gasteiger partial charge in [-0.15, -0.1) is 11.6 Å². The molecule has 0 spiro atoms. The van der Waals surface area contributed by atoms with E-state index >= 15 is 0 Å². The summed E-state index contributed by atoms with van der Waals surface area (Å²) in [5.41, 5.74) is 0.868. The summed E-state index contributed by atoms with van der Waals surface area (Å²) in [6, 6.07) is 5.59. The van der Waals surface area contributed by atoms with Crippen LogP contribution in [-0.4, -0.2) is 25.5 Å². The van der Waals surface area contributed by atoms with Crippen LogP contribution in [0.1, 0.15) is 51.0 Å². The third-order valence-electron chi connectivity index (χ3n) is 3.78. The van der Waals surface area contributed by atoms with E-state index in [9.17, 15) is 4.79 Å². The molecule has 0 saturated carbocycles. The maximum absolute atomic E-state index is 12.1. The lowest BCUT2D eigenvalue weighted by Crippen LogP contribution is -2.31. The topological polar surface area (TPSA) is 47.6 Å². The van der Waals surface area contributed by atoms with Crippen molar-refractivity contribution in [3.63, 3.8) is 0 Å². The quantitative estimate of drug-likeness (QED) is 0.482. The van der Waals surface area contributed by atoms with Gasteiger partial charge in [0.25, 0.3) is 0 Å². The average Bonchev–Trinajstić information content (AvgIpc) is 2.58. The first-order chi connectivity index (χ1) is 11.1. The van der Waals surface area contributed by atoms with E-state index in [0.29, 0.717) is 24.5 Å². The Kier molecular flexibility index (Phi) is 9.53. The normalized spacial score (nSPS) is 11.8. The summed E-state index contributed by atoms with van der Waals surface area (Å²) in [4.78, 5) is 12.1. The van der Waals surface area contributed by atoms with E-state index in [0.717, 1.165) is 18.4 Å². The number of para-hydroxylation sites is 1. The van der Waals surface area contributed by atoms with Crippen LogP contribution in [0.3, 0.4) is 0 Å². The molecule has 0 aliphatic carbocycles. The van der Waals surface area contributed by atoms with Crippen molar-refractivity contribution in [1.82, 2.24) is 5.32 Å². The standard InChI is InChI=1S/C18H28ClNO3/c1-4-5-6-7-8-11-15(19)18(21)20-13-14-10-9-12-16(22-2)17(14)23-3/h9-10,12,15H,4-8,11,13H2,1-3H3,(H,20,21). The first-order valence-corrected chi connectivity index (χ1v) is 8.69. The van der Waals surface area contributed by atoms with Crippen LogP contribution < -0.4 is 14.8 Å². The Morgan fingerprint density at radius 3 is 2.57 bits per heavy atom. The molecule has 1 N–H and O–H groups in total. The van der Waals surface area contributed by atoms with Crippen molar-refractivity contribution in [1.29, 1.82) is 0 Å². The Labute approximate surface area is 144 Å². The highest BCUT2D eigenvalue weighted by molar-refractivity contribution is 6.30. The number of carbonyl (C=O) groups is 1. The SMILES string of the molecule is CCCCCCCC(Cl)C(=O)NCc1cccc(OC)c1OC. The zero-order valence-electron chi connectivity index (χ0n) is 14.4. The fourth-order valence-corrected chi connectivity index (χ4v) is 2.68. The van der Waals surface area contributed by atoms with Crippen molar-refractivity contribution in [2.45, 2.75) is 57.4 Å². The Bertz CT molecular complexity index is 479. The van der Waals surface area contributed by atoms with Crippen molar-refractivity contribution in [3.05, 3.63) is 23.8 Å². The minimum absolute atomic E-state index is 0.132. The van der Waals surface area contributed by atoms with E-state index < -0.39 is 5.38 Å². The molecular weight excluding hydrogens is 314 g/mol. The minimum Gasteiger partial charge on any atom is -0.493 e. The highest BCUT2D eigenvalue weighted by atomic mass is 35.5. The largest absolute Gasteiger partial charge is 0.493 e. The molecule has 5 heteroatoms. The Morgan fingerprint density at radius 2 is 1.91 bits per heavy atom. The maximum Gasteiger partial charge on any atom is 0.238 e. The predicted octanol–water partition coefficient (Wildman–Crippen LogP) is 4.29. The van der Waals surface area contributed by atoms with Gasteiger partial charge in [0.1, 0.15) is 5.38 Å². The molecular formula is C18H28ClNO3. The zero-order valence-corrected chi connectivity index (χ0v) is 15.1. The number of alkyl halides is 1. The van der Waals surface area contributed by atoms with Gasteiger partial charge >= 0.3 is 0 Å². The van der Waals surface area contributed by atoms with Crippen LogP contribution in [0.4, 0.5) is 0 Å². The van der Waals surface area contributed by atoms with Crippen LogP contribution >= 0.6 is 11.6 Å². The number of amides is 1.